The van der Waals surface area contributed by atoms with Gasteiger partial charge in [0.25, 0.3) is 0 Å². The van der Waals surface area contributed by atoms with Gasteiger partial charge in [0.1, 0.15) is 12.1 Å². The molecule has 4 nitrogen and oxygen atoms in total. The van der Waals surface area contributed by atoms with E-state index in [-0.39, 0.29) is 17.0 Å². The average molecular weight is 213 g/mol. The molecule has 0 aromatic carbocycles. The summed E-state index contributed by atoms with van der Waals surface area (Å²) in [5, 5.41) is 0. The first-order valence-corrected chi connectivity index (χ1v) is 4.14. The number of thiol groups is 1. The maximum Gasteiger partial charge on any atom is 0.313 e. The molecule has 0 aromatic heterocycles. The zero-order valence-electron chi connectivity index (χ0n) is 7.82. The van der Waals surface area contributed by atoms with Gasteiger partial charge in [0.05, 0.1) is 7.11 Å². The van der Waals surface area contributed by atoms with Crippen LogP contribution < -0.4 is 0 Å². The minimum absolute atomic E-state index is 0.0220. The second-order valence-electron chi connectivity index (χ2n) is 2.27. The highest BCUT2D eigenvalue weighted by Gasteiger charge is 2.15. The van der Waals surface area contributed by atoms with E-state index >= 15 is 0 Å². The number of ketones is 1. The number of nitrogens with zero attached hydrogens (tertiary/aromatic N) is 1. The van der Waals surface area contributed by atoms with Crippen molar-refractivity contribution in [2.24, 2.45) is 4.99 Å². The summed E-state index contributed by atoms with van der Waals surface area (Å²) in [5.41, 5.74) is 0.0220. The normalized spacial score (nSPS) is 11.3. The molecule has 0 fully saturated rings. The van der Waals surface area contributed by atoms with Crippen LogP contribution in [0.25, 0.3) is 0 Å². The van der Waals surface area contributed by atoms with E-state index in [1.54, 1.807) is 0 Å². The summed E-state index contributed by atoms with van der Waals surface area (Å²) in [6.45, 7) is 6.63. The van der Waals surface area contributed by atoms with E-state index in [1.807, 2.05) is 0 Å². The molecule has 0 aliphatic carbocycles. The van der Waals surface area contributed by atoms with Crippen molar-refractivity contribution in [3.8, 4) is 0 Å². The third kappa shape index (κ3) is 3.57. The third-order valence-electron chi connectivity index (χ3n) is 1.39. The van der Waals surface area contributed by atoms with Crippen molar-refractivity contribution >= 4 is 31.1 Å². The zero-order valence-corrected chi connectivity index (χ0v) is 8.71. The van der Waals surface area contributed by atoms with Gasteiger partial charge in [-0.15, -0.1) is 12.6 Å². The van der Waals surface area contributed by atoms with E-state index in [4.69, 9.17) is 0 Å². The Kier molecular flexibility index (Phi) is 5.55. The summed E-state index contributed by atoms with van der Waals surface area (Å²) in [7, 11) is 1.20. The summed E-state index contributed by atoms with van der Waals surface area (Å²) in [6, 6.07) is 0. The Morgan fingerprint density at radius 2 is 2.14 bits per heavy atom. The molecule has 0 rings (SSSR count). The lowest BCUT2D eigenvalue weighted by Crippen LogP contribution is -2.11. The lowest BCUT2D eigenvalue weighted by Gasteiger charge is -2.01. The first kappa shape index (κ1) is 12.6. The van der Waals surface area contributed by atoms with Gasteiger partial charge in [-0.05, 0) is 6.72 Å². The highest BCUT2D eigenvalue weighted by Crippen LogP contribution is 2.13. The minimum Gasteiger partial charge on any atom is -0.469 e. The maximum atomic E-state index is 11.4. The molecule has 0 unspecified atom stereocenters. The predicted octanol–water partition coefficient (Wildman–Crippen LogP) is 1.15. The zero-order chi connectivity index (χ0) is 11.1. The molecule has 0 bridgehead atoms. The molecule has 0 atom stereocenters. The third-order valence-corrected chi connectivity index (χ3v) is 1.79. The smallest absolute Gasteiger partial charge is 0.313 e. The molecule has 0 aliphatic heterocycles. The van der Waals surface area contributed by atoms with Gasteiger partial charge >= 0.3 is 5.97 Å². The van der Waals surface area contributed by atoms with Crippen LogP contribution in [0.1, 0.15) is 6.42 Å². The molecule has 0 N–H and O–H groups in total. The lowest BCUT2D eigenvalue weighted by atomic mass is 10.2. The predicted molar refractivity (Wildman–Crippen MR) is 57.4 cm³/mol. The molecular formula is C9H11NO3S. The van der Waals surface area contributed by atoms with Crippen LogP contribution in [0.2, 0.25) is 0 Å². The number of rotatable bonds is 5. The van der Waals surface area contributed by atoms with Crippen LogP contribution in [0.5, 0.6) is 0 Å². The van der Waals surface area contributed by atoms with Crippen molar-refractivity contribution < 1.29 is 14.3 Å². The molecule has 76 valence electrons. The fourth-order valence-corrected chi connectivity index (χ4v) is 0.891. The first-order chi connectivity index (χ1) is 6.56. The molecule has 0 heterocycles. The van der Waals surface area contributed by atoms with Crippen molar-refractivity contribution in [1.29, 1.82) is 0 Å². The Morgan fingerprint density at radius 1 is 1.57 bits per heavy atom. The Bertz CT molecular complexity index is 307. The fourth-order valence-electron chi connectivity index (χ4n) is 0.696. The van der Waals surface area contributed by atoms with E-state index in [2.05, 4.69) is 35.7 Å². The molecule has 0 saturated carbocycles. The molecule has 5 heteroatoms. The number of hydrogen-bond acceptors (Lipinski definition) is 5. The van der Waals surface area contributed by atoms with Gasteiger partial charge in [-0.1, -0.05) is 12.7 Å². The number of aliphatic imine (C=N–C) groups is 1. The van der Waals surface area contributed by atoms with Crippen LogP contribution in [0.3, 0.4) is 0 Å². The second kappa shape index (κ2) is 6.15. The van der Waals surface area contributed by atoms with Crippen molar-refractivity contribution in [1.82, 2.24) is 0 Å². The Hall–Kier alpha value is -1.36. The molecule has 14 heavy (non-hydrogen) atoms. The molecule has 0 radical (unpaired) electrons. The van der Waals surface area contributed by atoms with Crippen LogP contribution in [-0.2, 0) is 14.3 Å². The second-order valence-corrected chi connectivity index (χ2v) is 2.75. The minimum atomic E-state index is -0.624. The number of allylic oxidation sites excluding steroid dienone is 2. The summed E-state index contributed by atoms with van der Waals surface area (Å²) in [4.78, 5) is 25.9. The van der Waals surface area contributed by atoms with Crippen LogP contribution >= 0.6 is 12.6 Å². The van der Waals surface area contributed by atoms with Crippen molar-refractivity contribution in [3.63, 3.8) is 0 Å². The van der Waals surface area contributed by atoms with Crippen molar-refractivity contribution in [2.75, 3.05) is 7.11 Å². The van der Waals surface area contributed by atoms with Crippen LogP contribution in [0, 0.1) is 0 Å². The topological polar surface area (TPSA) is 55.7 Å². The van der Waals surface area contributed by atoms with Gasteiger partial charge in [-0.25, -0.2) is 0 Å². The van der Waals surface area contributed by atoms with E-state index in [9.17, 15) is 9.59 Å². The number of hydrogen-bond donors (Lipinski definition) is 1. The maximum absolute atomic E-state index is 11.4. The van der Waals surface area contributed by atoms with Gasteiger partial charge in [-0.2, -0.15) is 0 Å². The number of methoxy groups -OCH3 is 1. The molecular weight excluding hydrogens is 202 g/mol. The van der Waals surface area contributed by atoms with Gasteiger partial charge in [0, 0.05) is 4.91 Å². The molecule has 0 aliphatic rings. The molecule has 0 spiro atoms. The number of ether oxygens (including phenoxy) is 1. The Balaban J connectivity index is 4.73. The largest absolute Gasteiger partial charge is 0.469 e. The van der Waals surface area contributed by atoms with Crippen molar-refractivity contribution in [2.45, 2.75) is 6.42 Å². The summed E-state index contributed by atoms with van der Waals surface area (Å²) in [6.07, 6.45) is 0.977. The van der Waals surface area contributed by atoms with Gasteiger partial charge in [0.15, 0.2) is 5.78 Å². The summed E-state index contributed by atoms with van der Waals surface area (Å²) in [5.74, 6) is -1.11. The van der Waals surface area contributed by atoms with Crippen LogP contribution in [0.15, 0.2) is 28.2 Å². The highest BCUT2D eigenvalue weighted by molar-refractivity contribution is 7.84. The fraction of sp³-hybridized carbons (Fsp3) is 0.222. The van der Waals surface area contributed by atoms with Crippen molar-refractivity contribution in [3.05, 3.63) is 23.3 Å². The average Bonchev–Trinajstić information content (AvgIpc) is 2.18. The first-order valence-electron chi connectivity index (χ1n) is 3.69. The summed E-state index contributed by atoms with van der Waals surface area (Å²) >= 11 is 3.95. The Labute approximate surface area is 87.8 Å². The molecule has 0 amide bonds. The van der Waals surface area contributed by atoms with Crippen LogP contribution in [-0.4, -0.2) is 25.6 Å². The van der Waals surface area contributed by atoms with E-state index in [0.717, 1.165) is 0 Å². The van der Waals surface area contributed by atoms with Crippen LogP contribution in [0.4, 0.5) is 0 Å². The van der Waals surface area contributed by atoms with E-state index < -0.39 is 11.8 Å². The highest BCUT2D eigenvalue weighted by atomic mass is 32.1. The van der Waals surface area contributed by atoms with E-state index in [1.165, 1.54) is 13.2 Å². The lowest BCUT2D eigenvalue weighted by molar-refractivity contribution is -0.142. The monoisotopic (exact) mass is 213 g/mol. The molecule has 0 saturated heterocycles. The number of carbonyl (C=O) groups is 2. The van der Waals surface area contributed by atoms with Gasteiger partial charge < -0.3 is 4.74 Å². The Morgan fingerprint density at radius 3 is 2.50 bits per heavy atom. The van der Waals surface area contributed by atoms with Gasteiger partial charge in [-0.3, -0.25) is 14.6 Å². The van der Waals surface area contributed by atoms with E-state index in [0.29, 0.717) is 0 Å². The molecule has 0 aromatic rings. The van der Waals surface area contributed by atoms with Gasteiger partial charge in [0.2, 0.25) is 0 Å². The standard InChI is InChI=1S/C9H11NO3S/c1-4-7(14)9(10-2)6(11)5-8(12)13-3/h4,14H,1-2,5H2,3H3/b9-7+. The number of carbonyl (C=O) groups excluding carboxylic acids is 2. The summed E-state index contributed by atoms with van der Waals surface area (Å²) < 4.78 is 4.33. The SMILES string of the molecule is C=C/C(S)=C(\N=C)C(=O)CC(=O)OC. The number of esters is 1. The number of Topliss-reactive ketones (excluding diaryl/α,β-unsaturated/α-hetero) is 1. The quantitative estimate of drug-likeness (QED) is 0.186.